The Bertz CT molecular complexity index is 549. The van der Waals surface area contributed by atoms with Crippen molar-refractivity contribution in [2.24, 2.45) is 11.8 Å². The van der Waals surface area contributed by atoms with Gasteiger partial charge >= 0.3 is 11.9 Å². The molecule has 1 unspecified atom stereocenters. The molecule has 1 heterocycles. The van der Waals surface area contributed by atoms with Crippen molar-refractivity contribution in [1.82, 2.24) is 9.55 Å². The van der Waals surface area contributed by atoms with Crippen LogP contribution in [0.4, 0.5) is 0 Å². The maximum Gasteiger partial charge on any atom is 0.329 e. The smallest absolute Gasteiger partial charge is 0.329 e. The van der Waals surface area contributed by atoms with Crippen LogP contribution in [0.2, 0.25) is 0 Å². The predicted molar refractivity (Wildman–Crippen MR) is 91.6 cm³/mol. The van der Waals surface area contributed by atoms with Crippen LogP contribution in [0, 0.1) is 18.8 Å². The van der Waals surface area contributed by atoms with E-state index in [-0.39, 0.29) is 18.3 Å². The Morgan fingerprint density at radius 3 is 2.25 bits per heavy atom. The van der Waals surface area contributed by atoms with Crippen LogP contribution in [0.3, 0.4) is 0 Å². The molecule has 0 aliphatic carbocycles. The molecule has 0 bridgehead atoms. The number of ether oxygens (including phenoxy) is 2. The predicted octanol–water partition coefficient (Wildman–Crippen LogP) is 3.08. The number of hydrogen-bond acceptors (Lipinski definition) is 5. The summed E-state index contributed by atoms with van der Waals surface area (Å²) < 4.78 is 12.3. The zero-order valence-electron chi connectivity index (χ0n) is 15.7. The molecule has 6 heteroatoms. The van der Waals surface area contributed by atoms with E-state index in [1.54, 1.807) is 10.8 Å². The maximum atomic E-state index is 12.5. The summed E-state index contributed by atoms with van der Waals surface area (Å²) in [7, 11) is 0. The van der Waals surface area contributed by atoms with E-state index in [1.807, 2.05) is 41.5 Å². The van der Waals surface area contributed by atoms with Gasteiger partial charge in [-0.1, -0.05) is 34.6 Å². The van der Waals surface area contributed by atoms with E-state index < -0.39 is 18.0 Å². The van der Waals surface area contributed by atoms with Crippen LogP contribution in [0.25, 0.3) is 0 Å². The van der Waals surface area contributed by atoms with Crippen LogP contribution >= 0.6 is 0 Å². The first kappa shape index (κ1) is 20.2. The summed E-state index contributed by atoms with van der Waals surface area (Å²) in [4.78, 5) is 29.0. The number of carbonyl (C=O) groups excluding carboxylic acids is 2. The summed E-state index contributed by atoms with van der Waals surface area (Å²) in [5.41, 5.74) is 0.809. The van der Waals surface area contributed by atoms with Crippen molar-refractivity contribution in [1.29, 1.82) is 0 Å². The minimum atomic E-state index is -0.737. The van der Waals surface area contributed by atoms with E-state index in [0.717, 1.165) is 11.5 Å². The fraction of sp³-hybridized carbons (Fsp3) is 0.722. The number of rotatable bonds is 9. The molecule has 136 valence electrons. The third kappa shape index (κ3) is 6.34. The number of carbonyl (C=O) groups is 2. The summed E-state index contributed by atoms with van der Waals surface area (Å²) in [6.07, 6.45) is 2.41. The van der Waals surface area contributed by atoms with E-state index >= 15 is 0 Å². The average Bonchev–Trinajstić information content (AvgIpc) is 2.88. The fourth-order valence-electron chi connectivity index (χ4n) is 2.21. The molecule has 0 saturated carbocycles. The molecular weight excluding hydrogens is 308 g/mol. The second-order valence-electron chi connectivity index (χ2n) is 6.88. The Morgan fingerprint density at radius 1 is 1.12 bits per heavy atom. The quantitative estimate of drug-likeness (QED) is 0.647. The topological polar surface area (TPSA) is 70.4 Å². The van der Waals surface area contributed by atoms with Gasteiger partial charge in [-0.05, 0) is 18.8 Å². The molecule has 0 aliphatic heterocycles. The molecule has 0 fully saturated rings. The van der Waals surface area contributed by atoms with Crippen molar-refractivity contribution < 1.29 is 19.1 Å². The second kappa shape index (κ2) is 9.45. The third-order valence-electron chi connectivity index (χ3n) is 3.35. The molecule has 6 nitrogen and oxygen atoms in total. The Morgan fingerprint density at radius 2 is 1.71 bits per heavy atom. The lowest BCUT2D eigenvalue weighted by Crippen LogP contribution is -2.27. The minimum absolute atomic E-state index is 0.0492. The summed E-state index contributed by atoms with van der Waals surface area (Å²) in [5.74, 6) is 0.427. The Labute approximate surface area is 144 Å². The minimum Gasteiger partial charge on any atom is -0.465 e. The van der Waals surface area contributed by atoms with Crippen molar-refractivity contribution in [3.8, 4) is 0 Å². The standard InChI is InChI=1S/C18H30N2O4/c1-7-16-19-14(6)9-20(16)15(18(22)24-11-13(4)5)8-17(21)23-10-12(2)3/h9,12-13,15H,7-8,10-11H2,1-6H3. The van der Waals surface area contributed by atoms with Gasteiger partial charge in [-0.15, -0.1) is 0 Å². The maximum absolute atomic E-state index is 12.5. The highest BCUT2D eigenvalue weighted by Crippen LogP contribution is 2.20. The Balaban J connectivity index is 2.94. The molecular formula is C18H30N2O4. The SMILES string of the molecule is CCc1nc(C)cn1C(CC(=O)OCC(C)C)C(=O)OCC(C)C. The van der Waals surface area contributed by atoms with Crippen molar-refractivity contribution >= 4 is 11.9 Å². The van der Waals surface area contributed by atoms with Gasteiger partial charge in [-0.25, -0.2) is 9.78 Å². The normalized spacial score (nSPS) is 12.5. The van der Waals surface area contributed by atoms with Gasteiger partial charge in [0.2, 0.25) is 0 Å². The zero-order chi connectivity index (χ0) is 18.3. The first-order chi connectivity index (χ1) is 11.2. The monoisotopic (exact) mass is 338 g/mol. The number of nitrogens with zero attached hydrogens (tertiary/aromatic N) is 2. The molecule has 0 aromatic carbocycles. The largest absolute Gasteiger partial charge is 0.465 e. The van der Waals surface area contributed by atoms with Gasteiger partial charge in [-0.2, -0.15) is 0 Å². The van der Waals surface area contributed by atoms with E-state index in [4.69, 9.17) is 9.47 Å². The average molecular weight is 338 g/mol. The lowest BCUT2D eigenvalue weighted by molar-refractivity contribution is -0.155. The van der Waals surface area contributed by atoms with Gasteiger partial charge in [0.05, 0.1) is 25.3 Å². The highest BCUT2D eigenvalue weighted by atomic mass is 16.5. The second-order valence-corrected chi connectivity index (χ2v) is 6.88. The van der Waals surface area contributed by atoms with Crippen molar-refractivity contribution in [2.75, 3.05) is 13.2 Å². The Kier molecular flexibility index (Phi) is 7.95. The lowest BCUT2D eigenvalue weighted by Gasteiger charge is -2.19. The molecule has 0 N–H and O–H groups in total. The molecule has 1 atom stereocenters. The molecule has 1 aromatic rings. The van der Waals surface area contributed by atoms with Crippen LogP contribution < -0.4 is 0 Å². The molecule has 24 heavy (non-hydrogen) atoms. The summed E-state index contributed by atoms with van der Waals surface area (Å²) in [6.45, 7) is 12.4. The third-order valence-corrected chi connectivity index (χ3v) is 3.35. The van der Waals surface area contributed by atoms with Crippen molar-refractivity contribution in [3.05, 3.63) is 17.7 Å². The number of esters is 2. The fourth-order valence-corrected chi connectivity index (χ4v) is 2.21. The van der Waals surface area contributed by atoms with E-state index in [1.165, 1.54) is 0 Å². The Hall–Kier alpha value is -1.85. The number of aromatic nitrogens is 2. The van der Waals surface area contributed by atoms with Gasteiger partial charge < -0.3 is 14.0 Å². The molecule has 0 amide bonds. The highest BCUT2D eigenvalue weighted by molar-refractivity contribution is 5.81. The van der Waals surface area contributed by atoms with Gasteiger partial charge in [0.1, 0.15) is 11.9 Å². The van der Waals surface area contributed by atoms with Gasteiger partial charge in [0, 0.05) is 12.6 Å². The van der Waals surface area contributed by atoms with Crippen LogP contribution in [-0.4, -0.2) is 34.7 Å². The number of imidazole rings is 1. The molecule has 0 radical (unpaired) electrons. The van der Waals surface area contributed by atoms with E-state index in [9.17, 15) is 9.59 Å². The van der Waals surface area contributed by atoms with Crippen LogP contribution in [0.15, 0.2) is 6.20 Å². The summed E-state index contributed by atoms with van der Waals surface area (Å²) in [6, 6.07) is -0.737. The van der Waals surface area contributed by atoms with E-state index in [2.05, 4.69) is 4.98 Å². The number of aryl methyl sites for hydroxylation is 2. The molecule has 0 saturated heterocycles. The highest BCUT2D eigenvalue weighted by Gasteiger charge is 2.28. The van der Waals surface area contributed by atoms with Gasteiger partial charge in [-0.3, -0.25) is 4.79 Å². The van der Waals surface area contributed by atoms with Crippen molar-refractivity contribution in [2.45, 2.75) is 60.4 Å². The molecule has 1 aromatic heterocycles. The molecule has 0 aliphatic rings. The first-order valence-corrected chi connectivity index (χ1v) is 8.61. The summed E-state index contributed by atoms with van der Waals surface area (Å²) in [5, 5.41) is 0. The van der Waals surface area contributed by atoms with Gasteiger partial charge in [0.25, 0.3) is 0 Å². The van der Waals surface area contributed by atoms with Crippen LogP contribution in [-0.2, 0) is 25.5 Å². The van der Waals surface area contributed by atoms with Crippen molar-refractivity contribution in [3.63, 3.8) is 0 Å². The van der Waals surface area contributed by atoms with E-state index in [0.29, 0.717) is 19.6 Å². The zero-order valence-corrected chi connectivity index (χ0v) is 15.7. The molecule has 1 rings (SSSR count). The van der Waals surface area contributed by atoms with Crippen LogP contribution in [0.1, 0.15) is 58.6 Å². The van der Waals surface area contributed by atoms with Gasteiger partial charge in [0.15, 0.2) is 0 Å². The lowest BCUT2D eigenvalue weighted by atomic mass is 10.2. The first-order valence-electron chi connectivity index (χ1n) is 8.61. The molecule has 0 spiro atoms. The summed E-state index contributed by atoms with van der Waals surface area (Å²) >= 11 is 0. The number of hydrogen-bond donors (Lipinski definition) is 0. The van der Waals surface area contributed by atoms with Crippen LogP contribution in [0.5, 0.6) is 0 Å².